The van der Waals surface area contributed by atoms with Gasteiger partial charge in [-0.2, -0.15) is 0 Å². The summed E-state index contributed by atoms with van der Waals surface area (Å²) < 4.78 is 0. The van der Waals surface area contributed by atoms with Gasteiger partial charge in [0.25, 0.3) is 5.91 Å². The Labute approximate surface area is 126 Å². The number of amides is 1. The fourth-order valence-corrected chi connectivity index (χ4v) is 2.98. The number of aliphatic hydroxyl groups excluding tert-OH is 1. The Morgan fingerprint density at radius 1 is 1.19 bits per heavy atom. The third-order valence-electron chi connectivity index (χ3n) is 4.40. The largest absolute Gasteiger partial charge is 0.396 e. The van der Waals surface area contributed by atoms with Gasteiger partial charge in [0.15, 0.2) is 0 Å². The molecule has 0 aliphatic heterocycles. The molecule has 0 saturated heterocycles. The van der Waals surface area contributed by atoms with Gasteiger partial charge in [0.2, 0.25) is 0 Å². The van der Waals surface area contributed by atoms with Crippen LogP contribution in [0.15, 0.2) is 24.3 Å². The van der Waals surface area contributed by atoms with Crippen molar-refractivity contribution < 1.29 is 9.90 Å². The van der Waals surface area contributed by atoms with Crippen molar-refractivity contribution in [3.63, 3.8) is 0 Å². The molecule has 0 unspecified atom stereocenters. The van der Waals surface area contributed by atoms with E-state index >= 15 is 0 Å². The lowest BCUT2D eigenvalue weighted by Crippen LogP contribution is -2.35. The van der Waals surface area contributed by atoms with E-state index in [0.717, 1.165) is 25.1 Å². The smallest absolute Gasteiger partial charge is 0.251 e. The molecule has 2 rings (SSSR count). The number of carbonyl (C=O) groups excluding carboxylic acids is 1. The number of anilines is 1. The first-order chi connectivity index (χ1) is 10.2. The van der Waals surface area contributed by atoms with Crippen molar-refractivity contribution in [2.45, 2.75) is 39.0 Å². The molecule has 1 amide bonds. The zero-order chi connectivity index (χ0) is 15.1. The normalized spacial score (nSPS) is 17.2. The third-order valence-corrected chi connectivity index (χ3v) is 4.40. The van der Waals surface area contributed by atoms with E-state index in [4.69, 9.17) is 0 Å². The van der Waals surface area contributed by atoms with E-state index in [1.54, 1.807) is 0 Å². The van der Waals surface area contributed by atoms with Gasteiger partial charge in [0.05, 0.1) is 6.61 Å². The Hall–Kier alpha value is -1.55. The number of aliphatic hydroxyl groups is 1. The van der Waals surface area contributed by atoms with E-state index < -0.39 is 0 Å². The molecule has 21 heavy (non-hydrogen) atoms. The molecular weight excluding hydrogens is 264 g/mol. The Kier molecular flexibility index (Phi) is 5.62. The fraction of sp³-hybridized carbons (Fsp3) is 0.588. The molecule has 0 bridgehead atoms. The van der Waals surface area contributed by atoms with Crippen LogP contribution in [0.1, 0.15) is 49.4 Å². The van der Waals surface area contributed by atoms with E-state index in [0.29, 0.717) is 12.1 Å². The van der Waals surface area contributed by atoms with Gasteiger partial charge >= 0.3 is 0 Å². The van der Waals surface area contributed by atoms with Crippen LogP contribution in [0.4, 0.5) is 5.69 Å². The summed E-state index contributed by atoms with van der Waals surface area (Å²) in [6, 6.07) is 7.52. The fourth-order valence-electron chi connectivity index (χ4n) is 2.98. The van der Waals surface area contributed by atoms with Gasteiger partial charge in [-0.05, 0) is 44.0 Å². The standard InChI is InChI=1S/C17H26N2O2/c1-2-18-16(21)14-6-8-15(9-7-14)19-12-17(13-20)10-4-3-5-11-17/h6-9,19-20H,2-5,10-13H2,1H3,(H,18,21). The molecule has 1 aliphatic carbocycles. The summed E-state index contributed by atoms with van der Waals surface area (Å²) in [4.78, 5) is 11.7. The second kappa shape index (κ2) is 7.46. The number of benzene rings is 1. The van der Waals surface area contributed by atoms with Crippen LogP contribution < -0.4 is 10.6 Å². The average Bonchev–Trinajstić information content (AvgIpc) is 2.54. The van der Waals surface area contributed by atoms with Crippen molar-refractivity contribution in [3.05, 3.63) is 29.8 Å². The highest BCUT2D eigenvalue weighted by molar-refractivity contribution is 5.94. The molecule has 4 heteroatoms. The summed E-state index contributed by atoms with van der Waals surface area (Å²) in [6.45, 7) is 3.59. The molecule has 3 N–H and O–H groups in total. The zero-order valence-corrected chi connectivity index (χ0v) is 12.8. The molecule has 1 aliphatic rings. The number of hydrogen-bond acceptors (Lipinski definition) is 3. The van der Waals surface area contributed by atoms with Gasteiger partial charge in [0.1, 0.15) is 0 Å². The van der Waals surface area contributed by atoms with Crippen molar-refractivity contribution in [2.75, 3.05) is 25.0 Å². The minimum Gasteiger partial charge on any atom is -0.396 e. The van der Waals surface area contributed by atoms with Crippen LogP contribution in [0.2, 0.25) is 0 Å². The summed E-state index contributed by atoms with van der Waals surface area (Å²) in [5.41, 5.74) is 1.70. The van der Waals surface area contributed by atoms with Gasteiger partial charge in [-0.25, -0.2) is 0 Å². The lowest BCUT2D eigenvalue weighted by molar-refractivity contribution is 0.0944. The Bertz CT molecular complexity index is 450. The van der Waals surface area contributed by atoms with Crippen LogP contribution in [-0.4, -0.2) is 30.7 Å². The number of hydrogen-bond donors (Lipinski definition) is 3. The van der Waals surface area contributed by atoms with Gasteiger partial charge < -0.3 is 15.7 Å². The summed E-state index contributed by atoms with van der Waals surface area (Å²) in [7, 11) is 0. The SMILES string of the molecule is CCNC(=O)c1ccc(NCC2(CO)CCCCC2)cc1. The predicted octanol–water partition coefficient (Wildman–Crippen LogP) is 2.79. The van der Waals surface area contributed by atoms with Crippen molar-refractivity contribution in [1.29, 1.82) is 0 Å². The van der Waals surface area contributed by atoms with Crippen LogP contribution in [0.5, 0.6) is 0 Å². The molecule has 0 aromatic heterocycles. The van der Waals surface area contributed by atoms with Gasteiger partial charge in [-0.15, -0.1) is 0 Å². The summed E-state index contributed by atoms with van der Waals surface area (Å²) >= 11 is 0. The molecule has 1 fully saturated rings. The monoisotopic (exact) mass is 290 g/mol. The molecular formula is C17H26N2O2. The minimum atomic E-state index is -0.0387. The van der Waals surface area contributed by atoms with E-state index in [1.165, 1.54) is 19.3 Å². The molecule has 4 nitrogen and oxygen atoms in total. The first-order valence-corrected chi connectivity index (χ1v) is 7.92. The third kappa shape index (κ3) is 4.21. The van der Waals surface area contributed by atoms with Gasteiger partial charge in [0, 0.05) is 29.8 Å². The summed E-state index contributed by atoms with van der Waals surface area (Å²) in [5.74, 6) is -0.0387. The second-order valence-corrected chi connectivity index (χ2v) is 6.01. The van der Waals surface area contributed by atoms with Crippen LogP contribution in [-0.2, 0) is 0 Å². The van der Waals surface area contributed by atoms with Crippen molar-refractivity contribution in [2.24, 2.45) is 5.41 Å². The molecule has 0 heterocycles. The second-order valence-electron chi connectivity index (χ2n) is 6.01. The minimum absolute atomic E-state index is 0.0243. The van der Waals surface area contributed by atoms with Crippen LogP contribution in [0, 0.1) is 5.41 Å². The lowest BCUT2D eigenvalue weighted by atomic mass is 9.74. The van der Waals surface area contributed by atoms with Crippen LogP contribution >= 0.6 is 0 Å². The maximum Gasteiger partial charge on any atom is 0.251 e. The Morgan fingerprint density at radius 2 is 1.86 bits per heavy atom. The van der Waals surface area contributed by atoms with Crippen molar-refractivity contribution >= 4 is 11.6 Å². The van der Waals surface area contributed by atoms with E-state index in [9.17, 15) is 9.90 Å². The number of rotatable bonds is 6. The van der Waals surface area contributed by atoms with Gasteiger partial charge in [-0.1, -0.05) is 19.3 Å². The van der Waals surface area contributed by atoms with Gasteiger partial charge in [-0.3, -0.25) is 4.79 Å². The molecule has 0 atom stereocenters. The highest BCUT2D eigenvalue weighted by Gasteiger charge is 2.31. The number of nitrogens with one attached hydrogen (secondary N) is 2. The number of carbonyl (C=O) groups is 1. The molecule has 116 valence electrons. The maximum absolute atomic E-state index is 11.7. The van der Waals surface area contributed by atoms with Crippen LogP contribution in [0.3, 0.4) is 0 Å². The van der Waals surface area contributed by atoms with E-state index in [1.807, 2.05) is 31.2 Å². The molecule has 1 aromatic carbocycles. The van der Waals surface area contributed by atoms with Crippen molar-refractivity contribution in [3.8, 4) is 0 Å². The molecule has 1 aromatic rings. The molecule has 0 radical (unpaired) electrons. The quantitative estimate of drug-likeness (QED) is 0.755. The highest BCUT2D eigenvalue weighted by Crippen LogP contribution is 2.35. The van der Waals surface area contributed by atoms with Crippen LogP contribution in [0.25, 0.3) is 0 Å². The first-order valence-electron chi connectivity index (χ1n) is 7.92. The van der Waals surface area contributed by atoms with Crippen molar-refractivity contribution in [1.82, 2.24) is 5.32 Å². The topological polar surface area (TPSA) is 61.4 Å². The zero-order valence-electron chi connectivity index (χ0n) is 12.8. The highest BCUT2D eigenvalue weighted by atomic mass is 16.3. The molecule has 1 saturated carbocycles. The first kappa shape index (κ1) is 15.8. The summed E-state index contributed by atoms with van der Waals surface area (Å²) in [5, 5.41) is 15.9. The predicted molar refractivity (Wildman–Crippen MR) is 85.5 cm³/mol. The van der Waals surface area contributed by atoms with E-state index in [2.05, 4.69) is 10.6 Å². The maximum atomic E-state index is 11.7. The summed E-state index contributed by atoms with van der Waals surface area (Å²) in [6.07, 6.45) is 5.88. The average molecular weight is 290 g/mol. The Balaban J connectivity index is 1.92. The van der Waals surface area contributed by atoms with E-state index in [-0.39, 0.29) is 17.9 Å². The molecule has 0 spiro atoms. The Morgan fingerprint density at radius 3 is 2.43 bits per heavy atom. The lowest BCUT2D eigenvalue weighted by Gasteiger charge is -2.36.